The van der Waals surface area contributed by atoms with Crippen LogP contribution in [0.4, 0.5) is 15.8 Å². The molecule has 0 saturated carbocycles. The van der Waals surface area contributed by atoms with Crippen LogP contribution in [0.1, 0.15) is 205 Å². The van der Waals surface area contributed by atoms with Crippen LogP contribution in [0.15, 0.2) is 18.2 Å². The van der Waals surface area contributed by atoms with Crippen molar-refractivity contribution in [1.29, 1.82) is 0 Å². The molecule has 0 spiro atoms. The molecule has 7 aliphatic heterocycles. The third-order valence-electron chi connectivity index (χ3n) is 18.6. The Morgan fingerprint density at radius 1 is 0.500 bits per heavy atom. The van der Waals surface area contributed by atoms with Crippen LogP contribution < -0.4 is 5.73 Å². The highest BCUT2D eigenvalue weighted by Gasteiger charge is 2.62. The zero-order valence-corrected chi connectivity index (χ0v) is 75.8. The van der Waals surface area contributed by atoms with E-state index < -0.39 is 71.8 Å². The monoisotopic (exact) mass is 1670 g/mol. The molecule has 0 amide bonds. The number of rotatable bonds is 37. The molecule has 7 saturated heterocycles. The smallest absolute Gasteiger partial charge is 0.325 e. The number of methoxy groups -OCH3 is 3. The van der Waals surface area contributed by atoms with Gasteiger partial charge in [0.05, 0.1) is 185 Å². The topological polar surface area (TPSA) is 353 Å². The molecule has 7 unspecified atom stereocenters. The van der Waals surface area contributed by atoms with Crippen molar-refractivity contribution in [2.24, 2.45) is 5.73 Å². The van der Waals surface area contributed by atoms with E-state index in [9.17, 15) is 34.1 Å². The molecule has 3 N–H and O–H groups in total. The van der Waals surface area contributed by atoms with Crippen LogP contribution in [-0.2, 0) is 109 Å². The molecule has 8 rings (SSSR count). The van der Waals surface area contributed by atoms with Gasteiger partial charge in [-0.1, -0.05) is 13.8 Å². The number of hydrogen-bond acceptors (Lipinski definition) is 28. The number of alkyl halides is 1. The molecule has 0 radical (unpaired) electrons. The lowest BCUT2D eigenvalue weighted by molar-refractivity contribution is -0.396. The summed E-state index contributed by atoms with van der Waals surface area (Å²) >= 11 is 0. The minimum absolute atomic E-state index is 0.00120. The maximum absolute atomic E-state index is 13.8. The average Bonchev–Trinajstić information content (AvgIpc) is 1.58. The number of ether oxygens (including phenoxy) is 21. The summed E-state index contributed by atoms with van der Waals surface area (Å²) in [6, 6.07) is 3.81. The quantitative estimate of drug-likeness (QED) is 0.0270. The van der Waals surface area contributed by atoms with Crippen LogP contribution in [0, 0.1) is 20.2 Å². The third-order valence-corrected chi connectivity index (χ3v) is 19.2. The highest BCUT2D eigenvalue weighted by molar-refractivity contribution is 7.51. The highest BCUT2D eigenvalue weighted by atomic mass is 31.2. The fourth-order valence-electron chi connectivity index (χ4n) is 14.0. The number of fused-ring (bicyclic) bond motifs is 2. The fourth-order valence-corrected chi connectivity index (χ4v) is 14.7. The number of nitrogens with zero attached hydrogens (tertiary/aromatic N) is 2. The number of nitro benzene ring substituents is 2. The molecule has 25 atom stereocenters. The van der Waals surface area contributed by atoms with E-state index in [2.05, 4.69) is 0 Å². The Morgan fingerprint density at radius 2 is 0.860 bits per heavy atom. The van der Waals surface area contributed by atoms with E-state index in [1.54, 1.807) is 35.2 Å². The molecular formula is C81H153FN3O28P. The summed E-state index contributed by atoms with van der Waals surface area (Å²) in [6.07, 6.45) is -4.29. The van der Waals surface area contributed by atoms with Gasteiger partial charge in [-0.25, -0.2) is 4.39 Å². The van der Waals surface area contributed by atoms with E-state index in [0.717, 1.165) is 6.66 Å². The molecule has 0 aromatic heterocycles. The number of hydrogen-bond donors (Lipinski definition) is 2. The molecule has 2 bridgehead atoms. The predicted octanol–water partition coefficient (Wildman–Crippen LogP) is 12.7. The normalized spacial score (nSPS) is 32.8. The van der Waals surface area contributed by atoms with Crippen molar-refractivity contribution in [3.8, 4) is 0 Å². The van der Waals surface area contributed by atoms with E-state index in [1.807, 2.05) is 180 Å². The Labute approximate surface area is 681 Å². The van der Waals surface area contributed by atoms with Gasteiger partial charge in [-0.05, 0) is 186 Å². The van der Waals surface area contributed by atoms with Gasteiger partial charge in [0.15, 0.2) is 6.17 Å². The van der Waals surface area contributed by atoms with Crippen molar-refractivity contribution in [2.75, 3.05) is 87.5 Å². The SMILES string of the molecule is CC.CC(C)OC[C@H]1O[C@@H](C)[C@@H](F)C1OC(C)C.CC(C)OC[C@H]1O[C@@H](C)[C@@H](N)C1OC(C)C.CC(C)OC[C@H]1O[C@@H](C)[C@@H](c2c([N+](=O)[O-])cccc2[N+](=O)[O-])C1OC(C)C.COCCO[C@H]1C(OC(C)C)[C@@H](COC(C)C)O[C@H]1C.COC[C@]12CO[C@@H](C1OP(C)(=O)O)[C@H](C)O2.CO[C@H]1C(OC(C)C)[C@@H](COC(C)C)O[C@H]1C. The zero-order chi connectivity index (χ0) is 87.0. The summed E-state index contributed by atoms with van der Waals surface area (Å²) in [4.78, 5) is 31.2. The second-order valence-corrected chi connectivity index (χ2v) is 34.1. The lowest BCUT2D eigenvalue weighted by atomic mass is 9.86. The molecule has 7 heterocycles. The first-order chi connectivity index (χ1) is 53.2. The van der Waals surface area contributed by atoms with Crippen molar-refractivity contribution >= 4 is 19.0 Å². The Kier molecular flexibility index (Phi) is 50.1. The van der Waals surface area contributed by atoms with Gasteiger partial charge in [0.1, 0.15) is 90.5 Å². The first kappa shape index (κ1) is 107. The number of nitro groups is 2. The van der Waals surface area contributed by atoms with Crippen LogP contribution in [0.5, 0.6) is 0 Å². The number of benzene rings is 1. The van der Waals surface area contributed by atoms with Crippen LogP contribution in [0.2, 0.25) is 0 Å². The van der Waals surface area contributed by atoms with Gasteiger partial charge in [0, 0.05) is 40.1 Å². The summed E-state index contributed by atoms with van der Waals surface area (Å²) in [5.41, 5.74) is 4.76. The molecule has 7 fully saturated rings. The van der Waals surface area contributed by atoms with Gasteiger partial charge in [-0.15, -0.1) is 0 Å². The lowest BCUT2D eigenvalue weighted by Crippen LogP contribution is -2.45. The van der Waals surface area contributed by atoms with Gasteiger partial charge < -0.3 is 110 Å². The van der Waals surface area contributed by atoms with Gasteiger partial charge in [0.2, 0.25) is 0 Å². The number of nitrogens with two attached hydrogens (primary N) is 1. The van der Waals surface area contributed by atoms with Gasteiger partial charge in [-0.3, -0.25) is 29.3 Å². The van der Waals surface area contributed by atoms with Gasteiger partial charge in [0.25, 0.3) is 11.4 Å². The Hall–Kier alpha value is -2.78. The average molecular weight is 1670 g/mol. The van der Waals surface area contributed by atoms with Crippen molar-refractivity contribution < 1.29 is 128 Å². The fraction of sp³-hybridized carbons (Fsp3) is 0.926. The maximum Gasteiger partial charge on any atom is 0.325 e. The van der Waals surface area contributed by atoms with Crippen molar-refractivity contribution in [3.05, 3.63) is 44.0 Å². The van der Waals surface area contributed by atoms with Gasteiger partial charge >= 0.3 is 7.60 Å². The third kappa shape index (κ3) is 35.7. The molecule has 114 heavy (non-hydrogen) atoms. The van der Waals surface area contributed by atoms with Crippen LogP contribution in [-0.4, -0.2) is 303 Å². The highest BCUT2D eigenvalue weighted by Crippen LogP contribution is 2.50. The molecular weight excluding hydrogens is 1510 g/mol. The van der Waals surface area contributed by atoms with Crippen LogP contribution in [0.3, 0.4) is 0 Å². The molecule has 33 heteroatoms. The van der Waals surface area contributed by atoms with Crippen molar-refractivity contribution in [3.63, 3.8) is 0 Å². The molecule has 1 aromatic carbocycles. The second-order valence-electron chi connectivity index (χ2n) is 32.3. The lowest BCUT2D eigenvalue weighted by Gasteiger charge is -2.29. The molecule has 672 valence electrons. The van der Waals surface area contributed by atoms with Crippen molar-refractivity contribution in [2.45, 2.75) is 401 Å². The summed E-state index contributed by atoms with van der Waals surface area (Å²) < 4.78 is 149. The van der Waals surface area contributed by atoms with Crippen molar-refractivity contribution in [1.82, 2.24) is 0 Å². The van der Waals surface area contributed by atoms with Crippen LogP contribution in [0.25, 0.3) is 0 Å². The second kappa shape index (κ2) is 53.2. The van der Waals surface area contributed by atoms with Gasteiger partial charge in [-0.2, -0.15) is 0 Å². The Bertz CT molecular complexity index is 2740. The van der Waals surface area contributed by atoms with E-state index in [-0.39, 0.29) is 176 Å². The molecule has 0 aliphatic carbocycles. The summed E-state index contributed by atoms with van der Waals surface area (Å²) in [5.74, 6) is -0.657. The maximum atomic E-state index is 13.8. The largest absolute Gasteiger partial charge is 0.382 e. The summed E-state index contributed by atoms with van der Waals surface area (Å²) in [7, 11) is 1.36. The minimum atomic E-state index is -3.56. The standard InChI is InChI=1S/C18H26N2O7.C15H30O5.C13H26O4.C12H23FO3.C12H25NO3.C9H17O6P.C2H6/c1-10(2)25-9-15-18(26-11(3)4)16(12(5)27-15)17-13(19(21)22)7-6-8-14(17)20(23)24;1-10(2)18-9-13-15(19-11(3)4)14(12(5)20-13)17-8-7-16-6;1-8(2)15-7-11-13(16-9(3)4)12(14-6)10(5)17-11;2*1-7(2)14-6-10-12(15-8(3)4)11(13)9(5)16-10;1-6-7-8(15-16(3,10)11)9(14-6,4-12-2)5-13-7;1-2/h6-8,10-12,15-16,18H,9H2,1-5H3;10-15H,7-9H2,1-6H3;8-13H,7H2,1-6H3;7-12H,6H2,1-5H3;7-12H,6,13H2,1-5H3;6-8H,4-5H2,1-3H3,(H,10,11);1-2H3/t12-,15+,16-,18?;12-,13+,14+,15?;10-,11+,12+,13?;2*9-,10+,11+,12?;6-,7+,8?,9-;/m000000./s1. The molecule has 1 aromatic rings. The van der Waals surface area contributed by atoms with E-state index in [1.165, 1.54) is 18.2 Å². The summed E-state index contributed by atoms with van der Waals surface area (Å²) in [5, 5.41) is 23.1. The first-order valence-electron chi connectivity index (χ1n) is 41.1. The summed E-state index contributed by atoms with van der Waals surface area (Å²) in [6.45, 7) is 59.9. The predicted molar refractivity (Wildman–Crippen MR) is 432 cm³/mol. The minimum Gasteiger partial charge on any atom is -0.382 e. The Morgan fingerprint density at radius 3 is 1.25 bits per heavy atom. The Balaban J connectivity index is 0.000000467. The number of halogens is 1. The van der Waals surface area contributed by atoms with E-state index in [0.29, 0.717) is 52.9 Å². The van der Waals surface area contributed by atoms with E-state index in [4.69, 9.17) is 110 Å². The zero-order valence-electron chi connectivity index (χ0n) is 74.9. The van der Waals surface area contributed by atoms with Crippen LogP contribution >= 0.6 is 7.60 Å². The molecule has 7 aliphatic rings. The van der Waals surface area contributed by atoms with E-state index >= 15 is 0 Å². The molecule has 31 nitrogen and oxygen atoms in total. The first-order valence-corrected chi connectivity index (χ1v) is 43.1.